The van der Waals surface area contributed by atoms with Gasteiger partial charge in [0.05, 0.1) is 19.9 Å². The molecule has 0 amide bonds. The molecule has 3 aromatic carbocycles. The van der Waals surface area contributed by atoms with E-state index in [1.807, 2.05) is 47.3 Å². The van der Waals surface area contributed by atoms with Crippen LogP contribution < -0.4 is 19.5 Å². The van der Waals surface area contributed by atoms with Crippen molar-refractivity contribution in [2.75, 3.05) is 25.8 Å². The summed E-state index contributed by atoms with van der Waals surface area (Å²) >= 11 is 1.52. The average molecular weight is 499 g/mol. The molecular formula is C28H26N4O3S. The molecule has 36 heavy (non-hydrogen) atoms. The number of methoxy groups -OCH3 is 2. The van der Waals surface area contributed by atoms with E-state index < -0.39 is 6.10 Å². The molecular weight excluding hydrogens is 472 g/mol. The first-order chi connectivity index (χ1) is 17.6. The van der Waals surface area contributed by atoms with Crippen molar-refractivity contribution in [3.05, 3.63) is 94.6 Å². The zero-order chi connectivity index (χ0) is 24.8. The van der Waals surface area contributed by atoms with E-state index in [4.69, 9.17) is 24.3 Å². The molecule has 0 unspecified atom stereocenters. The first-order valence-electron chi connectivity index (χ1n) is 11.7. The number of nitrogens with one attached hydrogen (secondary N) is 1. The molecule has 4 aromatic rings. The summed E-state index contributed by atoms with van der Waals surface area (Å²) in [6.45, 7) is 2.09. The Bertz CT molecular complexity index is 1480. The number of rotatable bonds is 5. The maximum Gasteiger partial charge on any atom is 0.227 e. The first-order valence-corrected chi connectivity index (χ1v) is 12.9. The number of aryl methyl sites for hydroxylation is 1. The van der Waals surface area contributed by atoms with E-state index in [0.29, 0.717) is 16.9 Å². The Morgan fingerprint density at radius 3 is 2.56 bits per heavy atom. The van der Waals surface area contributed by atoms with Crippen molar-refractivity contribution in [3.8, 4) is 17.2 Å². The lowest BCUT2D eigenvalue weighted by molar-refractivity contribution is 0.217. The molecule has 2 atom stereocenters. The Hall–Kier alpha value is -3.91. The molecule has 3 heterocycles. The highest BCUT2D eigenvalue weighted by atomic mass is 32.2. The van der Waals surface area contributed by atoms with Crippen LogP contribution in [0.1, 0.15) is 34.4 Å². The number of aromatic nitrogens is 3. The van der Waals surface area contributed by atoms with E-state index in [9.17, 15) is 0 Å². The van der Waals surface area contributed by atoms with E-state index >= 15 is 0 Å². The summed E-state index contributed by atoms with van der Waals surface area (Å²) in [5.74, 6) is 2.93. The fourth-order valence-corrected chi connectivity index (χ4v) is 5.25. The van der Waals surface area contributed by atoms with Crippen molar-refractivity contribution < 1.29 is 14.2 Å². The number of benzene rings is 3. The molecule has 0 bridgehead atoms. The van der Waals surface area contributed by atoms with Gasteiger partial charge in [0.15, 0.2) is 6.10 Å². The Morgan fingerprint density at radius 2 is 1.81 bits per heavy atom. The number of fused-ring (bicyclic) bond motifs is 3. The molecule has 7 nitrogen and oxygen atoms in total. The van der Waals surface area contributed by atoms with Gasteiger partial charge in [0, 0.05) is 22.8 Å². The molecule has 6 rings (SSSR count). The third-order valence-corrected chi connectivity index (χ3v) is 7.20. The second-order valence-corrected chi connectivity index (χ2v) is 9.51. The van der Waals surface area contributed by atoms with Gasteiger partial charge in [-0.15, -0.1) is 5.10 Å². The molecule has 0 saturated carbocycles. The lowest BCUT2D eigenvalue weighted by Gasteiger charge is -2.39. The topological polar surface area (TPSA) is 70.4 Å². The zero-order valence-corrected chi connectivity index (χ0v) is 21.3. The van der Waals surface area contributed by atoms with Crippen molar-refractivity contribution in [3.63, 3.8) is 0 Å². The van der Waals surface area contributed by atoms with Crippen LogP contribution in [-0.4, -0.2) is 35.2 Å². The van der Waals surface area contributed by atoms with E-state index in [0.717, 1.165) is 39.5 Å². The summed E-state index contributed by atoms with van der Waals surface area (Å²) in [7, 11) is 3.32. The second kappa shape index (κ2) is 8.95. The Labute approximate surface area is 214 Å². The minimum atomic E-state index is -0.426. The number of hydrogen-bond acceptors (Lipinski definition) is 7. The number of nitrogens with zero attached hydrogens (tertiary/aromatic N) is 3. The van der Waals surface area contributed by atoms with Crippen molar-refractivity contribution in [2.45, 2.75) is 24.2 Å². The maximum absolute atomic E-state index is 6.74. The van der Waals surface area contributed by atoms with Gasteiger partial charge in [-0.1, -0.05) is 53.7 Å². The highest BCUT2D eigenvalue weighted by Crippen LogP contribution is 2.52. The average Bonchev–Trinajstić information content (AvgIpc) is 3.34. The third-order valence-electron chi connectivity index (χ3n) is 6.66. The van der Waals surface area contributed by atoms with Crippen molar-refractivity contribution in [2.24, 2.45) is 0 Å². The molecule has 0 spiro atoms. The number of ether oxygens (including phenoxy) is 3. The van der Waals surface area contributed by atoms with E-state index in [1.165, 1.54) is 17.3 Å². The minimum absolute atomic E-state index is 0.226. The van der Waals surface area contributed by atoms with Gasteiger partial charge in [0.1, 0.15) is 23.3 Å². The van der Waals surface area contributed by atoms with Crippen LogP contribution in [0.4, 0.5) is 5.95 Å². The third kappa shape index (κ3) is 3.60. The SMILES string of the molecule is COc1ccc([C@H]2Oc3ccccc3C3=C2[C@H](c2ccc(C)cc2)n2nc(SC)nc2N3)c(OC)c1. The molecule has 8 heteroatoms. The van der Waals surface area contributed by atoms with E-state index in [-0.39, 0.29) is 6.04 Å². The van der Waals surface area contributed by atoms with Gasteiger partial charge in [-0.3, -0.25) is 0 Å². The zero-order valence-electron chi connectivity index (χ0n) is 20.5. The van der Waals surface area contributed by atoms with Crippen LogP contribution in [0.2, 0.25) is 0 Å². The monoisotopic (exact) mass is 498 g/mol. The molecule has 1 aromatic heterocycles. The summed E-state index contributed by atoms with van der Waals surface area (Å²) in [6.07, 6.45) is 1.56. The number of hydrogen-bond donors (Lipinski definition) is 1. The maximum atomic E-state index is 6.74. The largest absolute Gasteiger partial charge is 0.497 e. The van der Waals surface area contributed by atoms with Crippen LogP contribution >= 0.6 is 11.8 Å². The van der Waals surface area contributed by atoms with Crippen LogP contribution in [0.15, 0.2) is 77.5 Å². The summed E-state index contributed by atoms with van der Waals surface area (Å²) in [4.78, 5) is 4.77. The Balaban J connectivity index is 1.63. The minimum Gasteiger partial charge on any atom is -0.497 e. The van der Waals surface area contributed by atoms with Gasteiger partial charge in [0.25, 0.3) is 0 Å². The smallest absolute Gasteiger partial charge is 0.227 e. The Kier molecular flexibility index (Phi) is 5.60. The van der Waals surface area contributed by atoms with Gasteiger partial charge >= 0.3 is 0 Å². The van der Waals surface area contributed by atoms with Crippen LogP contribution in [0.3, 0.4) is 0 Å². The van der Waals surface area contributed by atoms with Crippen LogP contribution in [0.5, 0.6) is 17.2 Å². The molecule has 1 N–H and O–H groups in total. The second-order valence-electron chi connectivity index (χ2n) is 8.74. The lowest BCUT2D eigenvalue weighted by atomic mass is 9.84. The Morgan fingerprint density at radius 1 is 1.00 bits per heavy atom. The predicted molar refractivity (Wildman–Crippen MR) is 141 cm³/mol. The molecule has 182 valence electrons. The predicted octanol–water partition coefficient (Wildman–Crippen LogP) is 5.89. The van der Waals surface area contributed by atoms with Gasteiger partial charge in [0.2, 0.25) is 11.1 Å². The standard InChI is InChI=1S/C28H26N4O3S/c1-16-9-11-17(12-10-16)25-23-24(29-27-30-28(36-4)31-32(25)27)19-7-5-6-8-21(19)35-26(23)20-14-13-18(33-2)15-22(20)34-3/h5-15,25-26H,1-4H3,(H,29,30,31)/t25-,26+/m0/s1. The van der Waals surface area contributed by atoms with E-state index in [1.54, 1.807) is 14.2 Å². The molecule has 2 aliphatic heterocycles. The van der Waals surface area contributed by atoms with Crippen LogP contribution in [0.25, 0.3) is 5.70 Å². The highest BCUT2D eigenvalue weighted by Gasteiger charge is 2.42. The van der Waals surface area contributed by atoms with E-state index in [2.05, 4.69) is 42.6 Å². The summed E-state index contributed by atoms with van der Waals surface area (Å²) in [5, 5.41) is 9.16. The fraction of sp³-hybridized carbons (Fsp3) is 0.214. The van der Waals surface area contributed by atoms with Gasteiger partial charge in [-0.05, 0) is 43.0 Å². The molecule has 0 fully saturated rings. The summed E-state index contributed by atoms with van der Waals surface area (Å²) in [6, 6.07) is 22.3. The summed E-state index contributed by atoms with van der Waals surface area (Å²) in [5.41, 5.74) is 6.24. The van der Waals surface area contributed by atoms with Crippen LogP contribution in [0, 0.1) is 6.92 Å². The quantitative estimate of drug-likeness (QED) is 0.344. The number of thioether (sulfide) groups is 1. The lowest BCUT2D eigenvalue weighted by Crippen LogP contribution is -2.32. The highest BCUT2D eigenvalue weighted by molar-refractivity contribution is 7.98. The summed E-state index contributed by atoms with van der Waals surface area (Å²) < 4.78 is 20.0. The van der Waals surface area contributed by atoms with Gasteiger partial charge in [-0.25, -0.2) is 4.68 Å². The molecule has 0 saturated heterocycles. The van der Waals surface area contributed by atoms with Crippen LogP contribution in [-0.2, 0) is 0 Å². The molecule has 2 aliphatic rings. The normalized spacial score (nSPS) is 17.9. The molecule has 0 aliphatic carbocycles. The van der Waals surface area contributed by atoms with Gasteiger partial charge < -0.3 is 19.5 Å². The molecule has 0 radical (unpaired) electrons. The number of para-hydroxylation sites is 1. The fourth-order valence-electron chi connectivity index (χ4n) is 4.91. The first kappa shape index (κ1) is 22.5. The van der Waals surface area contributed by atoms with Gasteiger partial charge in [-0.2, -0.15) is 4.98 Å². The van der Waals surface area contributed by atoms with Crippen molar-refractivity contribution >= 4 is 23.4 Å². The van der Waals surface area contributed by atoms with Crippen molar-refractivity contribution in [1.82, 2.24) is 14.8 Å². The number of anilines is 1. The van der Waals surface area contributed by atoms with Crippen molar-refractivity contribution in [1.29, 1.82) is 0 Å².